The number of alkyl halides is 1. The highest BCUT2D eigenvalue weighted by atomic mass is 19.1. The molecule has 1 rings (SSSR count). The molecule has 0 amide bonds. The van der Waals surface area contributed by atoms with Gasteiger partial charge in [-0.1, -0.05) is 36.8 Å². The lowest BCUT2D eigenvalue weighted by Crippen LogP contribution is -2.28. The third kappa shape index (κ3) is 2.52. The van der Waals surface area contributed by atoms with E-state index in [1.807, 2.05) is 38.1 Å². The second-order valence-electron chi connectivity index (χ2n) is 3.52. The van der Waals surface area contributed by atoms with Crippen LogP contribution < -0.4 is 5.73 Å². The Kier molecular flexibility index (Phi) is 3.43. The molecule has 1 nitrogen and oxygen atoms in total. The van der Waals surface area contributed by atoms with Crippen molar-refractivity contribution in [3.8, 4) is 0 Å². The van der Waals surface area contributed by atoms with Gasteiger partial charge in [0.15, 0.2) is 0 Å². The summed E-state index contributed by atoms with van der Waals surface area (Å²) in [5, 5.41) is 0. The third-order valence-electron chi connectivity index (χ3n) is 2.42. The molecule has 0 aliphatic heterocycles. The molecule has 0 spiro atoms. The van der Waals surface area contributed by atoms with Crippen molar-refractivity contribution in [2.75, 3.05) is 6.67 Å². The predicted molar refractivity (Wildman–Crippen MR) is 53.5 cm³/mol. The summed E-state index contributed by atoms with van der Waals surface area (Å²) in [6.07, 6.45) is 0. The maximum Gasteiger partial charge on any atom is 0.105 e. The van der Waals surface area contributed by atoms with Gasteiger partial charge in [0.25, 0.3) is 0 Å². The standard InChI is InChI=1S/C11H16FN/c1-8-3-5-10(6-4-8)9(2)11(13)7-12/h3-6,9,11H,7,13H2,1-2H3. The number of rotatable bonds is 3. The minimum absolute atomic E-state index is 0.0885. The maximum absolute atomic E-state index is 12.3. The molecule has 0 fully saturated rings. The van der Waals surface area contributed by atoms with E-state index in [2.05, 4.69) is 0 Å². The lowest BCUT2D eigenvalue weighted by molar-refractivity contribution is 0.396. The first-order valence-corrected chi connectivity index (χ1v) is 4.53. The Morgan fingerprint density at radius 1 is 1.31 bits per heavy atom. The minimum Gasteiger partial charge on any atom is -0.325 e. The zero-order valence-corrected chi connectivity index (χ0v) is 8.13. The SMILES string of the molecule is Cc1ccc(C(C)C(N)CF)cc1. The molecule has 2 atom stereocenters. The Morgan fingerprint density at radius 3 is 2.31 bits per heavy atom. The zero-order chi connectivity index (χ0) is 9.84. The highest BCUT2D eigenvalue weighted by Gasteiger charge is 2.13. The topological polar surface area (TPSA) is 26.0 Å². The fourth-order valence-electron chi connectivity index (χ4n) is 1.25. The third-order valence-corrected chi connectivity index (χ3v) is 2.42. The molecule has 0 saturated carbocycles. The molecule has 2 unspecified atom stereocenters. The first kappa shape index (κ1) is 10.2. The molecule has 0 aliphatic rings. The van der Waals surface area contributed by atoms with E-state index < -0.39 is 6.67 Å². The smallest absolute Gasteiger partial charge is 0.105 e. The predicted octanol–water partition coefficient (Wildman–Crippen LogP) is 2.40. The summed E-state index contributed by atoms with van der Waals surface area (Å²) in [5.41, 5.74) is 7.93. The number of aryl methyl sites for hydroxylation is 1. The molecule has 2 heteroatoms. The van der Waals surface area contributed by atoms with Gasteiger partial charge in [-0.15, -0.1) is 0 Å². The Hall–Kier alpha value is -0.890. The molecule has 0 aromatic heterocycles. The Balaban J connectivity index is 2.77. The van der Waals surface area contributed by atoms with Crippen LogP contribution in [0.3, 0.4) is 0 Å². The average Bonchev–Trinajstić information content (AvgIpc) is 2.17. The van der Waals surface area contributed by atoms with Gasteiger partial charge in [-0.2, -0.15) is 0 Å². The van der Waals surface area contributed by atoms with Crippen molar-refractivity contribution >= 4 is 0 Å². The van der Waals surface area contributed by atoms with Crippen molar-refractivity contribution in [3.63, 3.8) is 0 Å². The second kappa shape index (κ2) is 4.38. The van der Waals surface area contributed by atoms with Gasteiger partial charge in [0.2, 0.25) is 0 Å². The molecular weight excluding hydrogens is 165 g/mol. The van der Waals surface area contributed by atoms with Crippen molar-refractivity contribution in [1.82, 2.24) is 0 Å². The van der Waals surface area contributed by atoms with E-state index in [4.69, 9.17) is 5.73 Å². The molecule has 72 valence electrons. The minimum atomic E-state index is -0.463. The maximum atomic E-state index is 12.3. The number of halogens is 1. The summed E-state index contributed by atoms with van der Waals surface area (Å²) in [6.45, 7) is 3.52. The van der Waals surface area contributed by atoms with Crippen LogP contribution in [-0.4, -0.2) is 12.7 Å². The second-order valence-corrected chi connectivity index (χ2v) is 3.52. The van der Waals surface area contributed by atoms with Crippen LogP contribution in [0.1, 0.15) is 24.0 Å². The quantitative estimate of drug-likeness (QED) is 0.761. The van der Waals surface area contributed by atoms with Crippen LogP contribution in [0.4, 0.5) is 4.39 Å². The van der Waals surface area contributed by atoms with Gasteiger partial charge in [0, 0.05) is 6.04 Å². The molecular formula is C11H16FN. The highest BCUT2D eigenvalue weighted by Crippen LogP contribution is 2.18. The summed E-state index contributed by atoms with van der Waals surface area (Å²) < 4.78 is 12.3. The molecule has 0 heterocycles. The van der Waals surface area contributed by atoms with Gasteiger partial charge < -0.3 is 5.73 Å². The van der Waals surface area contributed by atoms with E-state index >= 15 is 0 Å². The van der Waals surface area contributed by atoms with Crippen molar-refractivity contribution in [2.24, 2.45) is 5.73 Å². The highest BCUT2D eigenvalue weighted by molar-refractivity contribution is 5.25. The average molecular weight is 181 g/mol. The summed E-state index contributed by atoms with van der Waals surface area (Å²) in [5.74, 6) is 0.0885. The van der Waals surface area contributed by atoms with E-state index in [9.17, 15) is 4.39 Å². The van der Waals surface area contributed by atoms with Crippen LogP contribution in [0, 0.1) is 6.92 Å². The molecule has 1 aromatic carbocycles. The van der Waals surface area contributed by atoms with Gasteiger partial charge in [0.1, 0.15) is 6.67 Å². The Bertz CT molecular complexity index is 255. The van der Waals surface area contributed by atoms with Crippen LogP contribution in [0.5, 0.6) is 0 Å². The Labute approximate surface area is 78.8 Å². The fourth-order valence-corrected chi connectivity index (χ4v) is 1.25. The largest absolute Gasteiger partial charge is 0.325 e. The summed E-state index contributed by atoms with van der Waals surface area (Å²) >= 11 is 0. The van der Waals surface area contributed by atoms with Crippen molar-refractivity contribution in [3.05, 3.63) is 35.4 Å². The van der Waals surface area contributed by atoms with Crippen molar-refractivity contribution in [2.45, 2.75) is 25.8 Å². The molecule has 0 bridgehead atoms. The lowest BCUT2D eigenvalue weighted by atomic mass is 9.94. The number of benzene rings is 1. The lowest BCUT2D eigenvalue weighted by Gasteiger charge is -2.17. The molecule has 1 aromatic rings. The van der Waals surface area contributed by atoms with Crippen LogP contribution in [0.25, 0.3) is 0 Å². The fraction of sp³-hybridized carbons (Fsp3) is 0.455. The molecule has 0 saturated heterocycles. The number of hydrogen-bond acceptors (Lipinski definition) is 1. The van der Waals surface area contributed by atoms with Gasteiger partial charge in [0.05, 0.1) is 0 Å². The molecule has 0 radical (unpaired) electrons. The molecule has 2 N–H and O–H groups in total. The zero-order valence-electron chi connectivity index (χ0n) is 8.13. The first-order valence-electron chi connectivity index (χ1n) is 4.53. The van der Waals surface area contributed by atoms with Gasteiger partial charge in [-0.3, -0.25) is 0 Å². The van der Waals surface area contributed by atoms with E-state index in [0.29, 0.717) is 0 Å². The monoisotopic (exact) mass is 181 g/mol. The van der Waals surface area contributed by atoms with Crippen molar-refractivity contribution in [1.29, 1.82) is 0 Å². The van der Waals surface area contributed by atoms with E-state index in [-0.39, 0.29) is 12.0 Å². The molecule has 0 aliphatic carbocycles. The van der Waals surface area contributed by atoms with Crippen LogP contribution in [-0.2, 0) is 0 Å². The summed E-state index contributed by atoms with van der Waals surface area (Å²) in [4.78, 5) is 0. The number of hydrogen-bond donors (Lipinski definition) is 1. The van der Waals surface area contributed by atoms with Crippen LogP contribution >= 0.6 is 0 Å². The van der Waals surface area contributed by atoms with E-state index in [0.717, 1.165) is 5.56 Å². The van der Waals surface area contributed by atoms with E-state index in [1.54, 1.807) is 0 Å². The Morgan fingerprint density at radius 2 is 1.85 bits per heavy atom. The molecule has 13 heavy (non-hydrogen) atoms. The van der Waals surface area contributed by atoms with E-state index in [1.165, 1.54) is 5.56 Å². The first-order chi connectivity index (χ1) is 6.15. The summed E-state index contributed by atoms with van der Waals surface area (Å²) in [6, 6.07) is 7.68. The number of nitrogens with two attached hydrogens (primary N) is 1. The van der Waals surface area contributed by atoms with Crippen LogP contribution in [0.2, 0.25) is 0 Å². The van der Waals surface area contributed by atoms with Crippen LogP contribution in [0.15, 0.2) is 24.3 Å². The van der Waals surface area contributed by atoms with Gasteiger partial charge in [-0.25, -0.2) is 4.39 Å². The summed E-state index contributed by atoms with van der Waals surface area (Å²) in [7, 11) is 0. The van der Waals surface area contributed by atoms with Gasteiger partial charge in [-0.05, 0) is 18.4 Å². The normalized spacial score (nSPS) is 15.4. The van der Waals surface area contributed by atoms with Gasteiger partial charge >= 0.3 is 0 Å². The van der Waals surface area contributed by atoms with Crippen molar-refractivity contribution < 1.29 is 4.39 Å².